The van der Waals surface area contributed by atoms with Crippen molar-refractivity contribution in [3.63, 3.8) is 0 Å². The topological polar surface area (TPSA) is 39.4 Å². The molecule has 0 unspecified atom stereocenters. The molecule has 0 fully saturated rings. The van der Waals surface area contributed by atoms with Gasteiger partial charge in [0.1, 0.15) is 0 Å². The summed E-state index contributed by atoms with van der Waals surface area (Å²) in [6.45, 7) is 5.60. The Hall–Kier alpha value is -0.467. The Morgan fingerprint density at radius 2 is 2.23 bits per heavy atom. The average molecular weight is 254 g/mol. The van der Waals surface area contributed by atoms with Crippen LogP contribution in [-0.4, -0.2) is 12.6 Å². The van der Waals surface area contributed by atoms with E-state index in [4.69, 9.17) is 4.42 Å². The van der Waals surface area contributed by atoms with E-state index in [1.54, 1.807) is 19.1 Å². The maximum atomic E-state index is 10.9. The predicted octanol–water partition coefficient (Wildman–Crippen LogP) is -1.36. The molecule has 0 amide bonds. The molecule has 0 bridgehead atoms. The van der Waals surface area contributed by atoms with Gasteiger partial charge in [0.15, 0.2) is 5.76 Å². The number of furan rings is 1. The van der Waals surface area contributed by atoms with Gasteiger partial charge >= 0.3 is 25.4 Å². The number of carbonyl (C=O) groups is 1. The van der Waals surface area contributed by atoms with Crippen LogP contribution < -0.4 is 12.4 Å². The van der Waals surface area contributed by atoms with Gasteiger partial charge in [-0.1, -0.05) is 6.07 Å². The molecule has 3 nitrogen and oxygen atoms in total. The number of hydrogen-bond donors (Lipinski definition) is 0. The number of esters is 1. The monoisotopic (exact) mass is 252 g/mol. The summed E-state index contributed by atoms with van der Waals surface area (Å²) < 4.78 is 9.59. The maximum absolute atomic E-state index is 10.9. The van der Waals surface area contributed by atoms with Crippen molar-refractivity contribution in [1.82, 2.24) is 0 Å². The van der Waals surface area contributed by atoms with E-state index in [1.807, 2.05) is 0 Å². The summed E-state index contributed by atoms with van der Waals surface area (Å²) >= 11 is 0. The molecule has 0 aromatic carbocycles. The fourth-order valence-electron chi connectivity index (χ4n) is 0.690. The Labute approximate surface area is 96.0 Å². The molecule has 1 heterocycles. The van der Waals surface area contributed by atoms with Crippen molar-refractivity contribution in [2.24, 2.45) is 0 Å². The minimum Gasteiger partial charge on any atom is -1.00 e. The molecule has 0 N–H and O–H groups in total. The third-order valence-electron chi connectivity index (χ3n) is 1.14. The summed E-state index contributed by atoms with van der Waals surface area (Å²) in [5.41, 5.74) is 0. The first-order chi connectivity index (χ1) is 5.24. The summed E-state index contributed by atoms with van der Waals surface area (Å²) in [4.78, 5) is 10.9. The largest absolute Gasteiger partial charge is 2.00 e. The van der Waals surface area contributed by atoms with Gasteiger partial charge < -0.3 is 21.6 Å². The van der Waals surface area contributed by atoms with E-state index in [-0.39, 0.29) is 37.6 Å². The minimum atomic E-state index is -0.442. The number of halogens is 1. The van der Waals surface area contributed by atoms with Crippen LogP contribution in [0.4, 0.5) is 0 Å². The number of hydrogen-bond acceptors (Lipinski definition) is 3. The standard InChI is InChI=1S/C8H9O3.ClH.Zn/c1-3-10-8(9)7-5-4-6(2)11-7;;/h4-5H,2-3H2,1H3;1H;/q-1;;+2/p-1. The van der Waals surface area contributed by atoms with Crippen LogP contribution in [-0.2, 0) is 24.2 Å². The number of rotatable bonds is 2. The SMILES string of the molecule is [CH2-]c1ccc(C(=O)OCC)o1.[Cl-].[Zn+2]. The summed E-state index contributed by atoms with van der Waals surface area (Å²) in [7, 11) is 0. The Bertz CT molecular complexity index is 260. The van der Waals surface area contributed by atoms with E-state index >= 15 is 0 Å². The molecular formula is C8H9ClO3Zn. The predicted molar refractivity (Wildman–Crippen MR) is 39.1 cm³/mol. The van der Waals surface area contributed by atoms with E-state index < -0.39 is 5.97 Å². The molecule has 0 aliphatic carbocycles. The molecule has 13 heavy (non-hydrogen) atoms. The van der Waals surface area contributed by atoms with Gasteiger partial charge in [-0.05, 0) is 12.7 Å². The fraction of sp³-hybridized carbons (Fsp3) is 0.250. The van der Waals surface area contributed by atoms with E-state index in [1.165, 1.54) is 0 Å². The fourth-order valence-corrected chi connectivity index (χ4v) is 0.690. The molecular weight excluding hydrogens is 245 g/mol. The van der Waals surface area contributed by atoms with Crippen molar-refractivity contribution in [3.8, 4) is 0 Å². The molecule has 0 aliphatic heterocycles. The first kappa shape index (κ1) is 15.0. The van der Waals surface area contributed by atoms with Gasteiger partial charge in [0.25, 0.3) is 0 Å². The molecule has 0 aliphatic rings. The molecule has 68 valence electrons. The van der Waals surface area contributed by atoms with Crippen LogP contribution in [0.2, 0.25) is 0 Å². The number of carbonyl (C=O) groups excluding carboxylic acids is 1. The average Bonchev–Trinajstić information content (AvgIpc) is 2.36. The quantitative estimate of drug-likeness (QED) is 0.372. The second-order valence-electron chi connectivity index (χ2n) is 1.99. The van der Waals surface area contributed by atoms with Gasteiger partial charge in [-0.2, -0.15) is 6.07 Å². The minimum absolute atomic E-state index is 0. The van der Waals surface area contributed by atoms with Crippen LogP contribution in [0.25, 0.3) is 0 Å². The molecule has 1 aromatic rings. The third-order valence-corrected chi connectivity index (χ3v) is 1.14. The summed E-state index contributed by atoms with van der Waals surface area (Å²) in [6, 6.07) is 3.16. The second-order valence-corrected chi connectivity index (χ2v) is 1.99. The van der Waals surface area contributed by atoms with Gasteiger partial charge in [-0.25, -0.2) is 11.7 Å². The van der Waals surface area contributed by atoms with Gasteiger partial charge in [0.05, 0.1) is 6.61 Å². The van der Waals surface area contributed by atoms with Crippen molar-refractivity contribution in [1.29, 1.82) is 0 Å². The van der Waals surface area contributed by atoms with Crippen molar-refractivity contribution in [2.45, 2.75) is 6.92 Å². The van der Waals surface area contributed by atoms with Crippen molar-refractivity contribution in [2.75, 3.05) is 6.61 Å². The van der Waals surface area contributed by atoms with E-state index in [9.17, 15) is 4.79 Å². The van der Waals surface area contributed by atoms with E-state index in [2.05, 4.69) is 11.7 Å². The van der Waals surface area contributed by atoms with Crippen LogP contribution in [0.1, 0.15) is 23.2 Å². The zero-order chi connectivity index (χ0) is 8.27. The Kier molecular flexibility index (Phi) is 8.08. The zero-order valence-corrected chi connectivity index (χ0v) is 11.1. The molecule has 0 radical (unpaired) electrons. The van der Waals surface area contributed by atoms with E-state index in [0.29, 0.717) is 12.4 Å². The molecule has 0 atom stereocenters. The molecule has 1 aromatic heterocycles. The van der Waals surface area contributed by atoms with Gasteiger partial charge in [-0.3, -0.25) is 0 Å². The molecule has 1 rings (SSSR count). The van der Waals surface area contributed by atoms with Crippen LogP contribution in [0, 0.1) is 6.92 Å². The van der Waals surface area contributed by atoms with Crippen LogP contribution in [0.15, 0.2) is 16.5 Å². The van der Waals surface area contributed by atoms with Gasteiger partial charge in [0.2, 0.25) is 0 Å². The molecule has 0 spiro atoms. The zero-order valence-electron chi connectivity index (χ0n) is 7.38. The van der Waals surface area contributed by atoms with Crippen LogP contribution in [0.5, 0.6) is 0 Å². The van der Waals surface area contributed by atoms with Crippen LogP contribution in [0.3, 0.4) is 0 Å². The van der Waals surface area contributed by atoms with Gasteiger partial charge in [-0.15, -0.1) is 0 Å². The Balaban J connectivity index is 0. The summed E-state index contributed by atoms with van der Waals surface area (Å²) in [6.07, 6.45) is 0. The molecule has 0 saturated carbocycles. The van der Waals surface area contributed by atoms with Gasteiger partial charge in [0, 0.05) is 0 Å². The summed E-state index contributed by atoms with van der Waals surface area (Å²) in [5.74, 6) is 0.229. The molecule has 5 heteroatoms. The van der Waals surface area contributed by atoms with Crippen molar-refractivity contribution < 1.29 is 45.8 Å². The third kappa shape index (κ3) is 4.34. The molecule has 0 saturated heterocycles. The Morgan fingerprint density at radius 1 is 1.62 bits per heavy atom. The normalized spacial score (nSPS) is 8.08. The van der Waals surface area contributed by atoms with Crippen molar-refractivity contribution in [3.05, 3.63) is 30.6 Å². The van der Waals surface area contributed by atoms with Crippen LogP contribution >= 0.6 is 0 Å². The smallest absolute Gasteiger partial charge is 1.00 e. The number of ether oxygens (including phenoxy) is 1. The van der Waals surface area contributed by atoms with E-state index in [0.717, 1.165) is 0 Å². The van der Waals surface area contributed by atoms with Crippen molar-refractivity contribution >= 4 is 5.97 Å². The first-order valence-corrected chi connectivity index (χ1v) is 3.33. The Morgan fingerprint density at radius 3 is 2.62 bits per heavy atom. The summed E-state index contributed by atoms with van der Waals surface area (Å²) in [5, 5.41) is 0. The maximum Gasteiger partial charge on any atom is 2.00 e. The second kappa shape index (κ2) is 6.99. The first-order valence-electron chi connectivity index (χ1n) is 3.33.